The van der Waals surface area contributed by atoms with Crippen LogP contribution in [0.2, 0.25) is 5.02 Å². The molecule has 0 bridgehead atoms. The first-order valence-electron chi connectivity index (χ1n) is 10.1. The lowest BCUT2D eigenvalue weighted by atomic mass is 10.00. The van der Waals surface area contributed by atoms with Crippen LogP contribution in [0.15, 0.2) is 59.4 Å². The van der Waals surface area contributed by atoms with E-state index in [1.54, 1.807) is 24.3 Å². The number of amides is 2. The zero-order valence-electron chi connectivity index (χ0n) is 17.6. The molecule has 0 aliphatic carbocycles. The second-order valence-corrected chi connectivity index (χ2v) is 7.88. The highest BCUT2D eigenvalue weighted by Gasteiger charge is 2.29. The number of hydrogen-bond donors (Lipinski definition) is 5. The van der Waals surface area contributed by atoms with Crippen molar-refractivity contribution in [1.82, 2.24) is 15.6 Å². The summed E-state index contributed by atoms with van der Waals surface area (Å²) >= 11 is 5.85. The van der Waals surface area contributed by atoms with Crippen molar-refractivity contribution < 1.29 is 29.4 Å². The number of nitrogens with one attached hydrogen (secondary N) is 3. The average Bonchev–Trinajstić information content (AvgIpc) is 2.78. The van der Waals surface area contributed by atoms with Crippen molar-refractivity contribution in [3.63, 3.8) is 0 Å². The molecule has 3 rings (SSSR count). The van der Waals surface area contributed by atoms with Crippen molar-refractivity contribution >= 4 is 46.3 Å². The third kappa shape index (κ3) is 6.20. The number of fused-ring (bicyclic) bond motifs is 1. The number of halogens is 1. The molecule has 11 heteroatoms. The molecule has 34 heavy (non-hydrogen) atoms. The molecule has 0 saturated carbocycles. The Hall–Kier alpha value is -4.18. The molecule has 2 atom stereocenters. The van der Waals surface area contributed by atoms with E-state index in [0.717, 1.165) is 0 Å². The van der Waals surface area contributed by atoms with Gasteiger partial charge in [0.15, 0.2) is 0 Å². The number of aromatic nitrogens is 1. The van der Waals surface area contributed by atoms with Gasteiger partial charge in [0, 0.05) is 34.0 Å². The van der Waals surface area contributed by atoms with Crippen LogP contribution in [-0.2, 0) is 20.8 Å². The summed E-state index contributed by atoms with van der Waals surface area (Å²) in [6, 6.07) is 11.0. The van der Waals surface area contributed by atoms with E-state index < -0.39 is 47.8 Å². The van der Waals surface area contributed by atoms with Crippen LogP contribution in [0.25, 0.3) is 10.9 Å². The molecule has 176 valence electrons. The third-order valence-electron chi connectivity index (χ3n) is 4.98. The van der Waals surface area contributed by atoms with Gasteiger partial charge in [0.2, 0.25) is 11.5 Å². The van der Waals surface area contributed by atoms with Crippen LogP contribution >= 0.6 is 11.6 Å². The number of rotatable bonds is 9. The Labute approximate surface area is 197 Å². The van der Waals surface area contributed by atoms with Crippen molar-refractivity contribution in [2.45, 2.75) is 24.9 Å². The minimum Gasteiger partial charge on any atom is -0.481 e. The van der Waals surface area contributed by atoms with Crippen LogP contribution in [0.5, 0.6) is 0 Å². The van der Waals surface area contributed by atoms with Crippen molar-refractivity contribution in [3.05, 3.63) is 81.1 Å². The monoisotopic (exact) mass is 485 g/mol. The average molecular weight is 486 g/mol. The van der Waals surface area contributed by atoms with Crippen LogP contribution in [-0.4, -0.2) is 51.0 Å². The molecule has 0 saturated heterocycles. The Morgan fingerprint density at radius 2 is 1.62 bits per heavy atom. The second kappa shape index (κ2) is 10.6. The molecule has 1 unspecified atom stereocenters. The summed E-state index contributed by atoms with van der Waals surface area (Å²) in [4.78, 5) is 63.0. The first kappa shape index (κ1) is 24.5. The summed E-state index contributed by atoms with van der Waals surface area (Å²) in [5.74, 6) is -4.52. The number of carboxylic acids is 2. The lowest BCUT2D eigenvalue weighted by Crippen LogP contribution is -2.53. The summed E-state index contributed by atoms with van der Waals surface area (Å²) in [7, 11) is 0. The number of carboxylic acid groups (broad SMARTS) is 2. The number of benzene rings is 2. The van der Waals surface area contributed by atoms with Gasteiger partial charge in [-0.15, -0.1) is 0 Å². The standard InChI is InChI=1S/C23H20ClN3O7/c24-14-7-5-12(6-8-14)21(31)26-17(22(32)27-18(23(33)34)11-20(29)30)9-13-10-19(28)25-16-4-2-1-3-15(13)16/h1-8,10,17-18H,9,11H2,(H,25,28)(H,26,31)(H,27,32)(H,29,30)(H,33,34)/t17?,18-/m0/s1. The largest absolute Gasteiger partial charge is 0.481 e. The number of carbonyl (C=O) groups is 4. The number of hydrogen-bond acceptors (Lipinski definition) is 5. The van der Waals surface area contributed by atoms with Gasteiger partial charge in [0.1, 0.15) is 12.1 Å². The Morgan fingerprint density at radius 1 is 0.941 bits per heavy atom. The molecular weight excluding hydrogens is 466 g/mol. The Balaban J connectivity index is 1.94. The SMILES string of the molecule is O=C(O)C[C@H](NC(=O)C(Cc1cc(=O)[nH]c2ccccc12)NC(=O)c1ccc(Cl)cc1)C(=O)O. The molecular formula is C23H20ClN3O7. The molecule has 0 fully saturated rings. The maximum Gasteiger partial charge on any atom is 0.326 e. The normalized spacial score (nSPS) is 12.5. The van der Waals surface area contributed by atoms with Gasteiger partial charge in [0.05, 0.1) is 6.42 Å². The molecule has 0 radical (unpaired) electrons. The minimum absolute atomic E-state index is 0.158. The van der Waals surface area contributed by atoms with Crippen LogP contribution in [0, 0.1) is 0 Å². The zero-order valence-corrected chi connectivity index (χ0v) is 18.3. The molecule has 1 heterocycles. The van der Waals surface area contributed by atoms with Crippen molar-refractivity contribution in [1.29, 1.82) is 0 Å². The number of carbonyl (C=O) groups excluding carboxylic acids is 2. The van der Waals surface area contributed by atoms with Gasteiger partial charge in [-0.25, -0.2) is 4.79 Å². The Bertz CT molecular complexity index is 1300. The van der Waals surface area contributed by atoms with E-state index in [2.05, 4.69) is 15.6 Å². The zero-order chi connectivity index (χ0) is 24.8. The predicted octanol–water partition coefficient (Wildman–Crippen LogP) is 1.57. The number of aliphatic carboxylic acids is 2. The molecule has 3 aromatic rings. The smallest absolute Gasteiger partial charge is 0.326 e. The summed E-state index contributed by atoms with van der Waals surface area (Å²) in [5.41, 5.74) is 0.716. The van der Waals surface area contributed by atoms with Crippen molar-refractivity contribution in [3.8, 4) is 0 Å². The van der Waals surface area contributed by atoms with E-state index in [4.69, 9.17) is 16.7 Å². The fourth-order valence-electron chi connectivity index (χ4n) is 3.36. The second-order valence-electron chi connectivity index (χ2n) is 7.44. The van der Waals surface area contributed by atoms with E-state index in [0.29, 0.717) is 21.5 Å². The van der Waals surface area contributed by atoms with E-state index >= 15 is 0 Å². The van der Waals surface area contributed by atoms with Crippen molar-refractivity contribution in [2.24, 2.45) is 0 Å². The summed E-state index contributed by atoms with van der Waals surface area (Å²) < 4.78 is 0. The highest BCUT2D eigenvalue weighted by Crippen LogP contribution is 2.17. The highest BCUT2D eigenvalue weighted by atomic mass is 35.5. The number of pyridine rings is 1. The highest BCUT2D eigenvalue weighted by molar-refractivity contribution is 6.30. The summed E-state index contributed by atoms with van der Waals surface area (Å²) in [6.07, 6.45) is -1.01. The van der Waals surface area contributed by atoms with E-state index in [-0.39, 0.29) is 12.0 Å². The molecule has 0 aliphatic heterocycles. The van der Waals surface area contributed by atoms with Gasteiger partial charge < -0.3 is 25.8 Å². The van der Waals surface area contributed by atoms with E-state index in [1.807, 2.05) is 0 Å². The van der Waals surface area contributed by atoms with Gasteiger partial charge in [-0.3, -0.25) is 19.2 Å². The van der Waals surface area contributed by atoms with Crippen LogP contribution < -0.4 is 16.2 Å². The van der Waals surface area contributed by atoms with Crippen molar-refractivity contribution in [2.75, 3.05) is 0 Å². The van der Waals surface area contributed by atoms with Gasteiger partial charge in [-0.1, -0.05) is 29.8 Å². The molecule has 2 amide bonds. The maximum absolute atomic E-state index is 13.0. The molecule has 1 aromatic heterocycles. The molecule has 5 N–H and O–H groups in total. The first-order valence-corrected chi connectivity index (χ1v) is 10.4. The van der Waals surface area contributed by atoms with E-state index in [1.165, 1.54) is 30.3 Å². The lowest BCUT2D eigenvalue weighted by molar-refractivity contribution is -0.147. The lowest BCUT2D eigenvalue weighted by Gasteiger charge is -2.21. The van der Waals surface area contributed by atoms with Gasteiger partial charge in [-0.2, -0.15) is 0 Å². The van der Waals surface area contributed by atoms with Gasteiger partial charge in [-0.05, 0) is 35.9 Å². The third-order valence-corrected chi connectivity index (χ3v) is 5.23. The van der Waals surface area contributed by atoms with Crippen LogP contribution in [0.4, 0.5) is 0 Å². The van der Waals surface area contributed by atoms with Gasteiger partial charge >= 0.3 is 11.9 Å². The summed E-state index contributed by atoms with van der Waals surface area (Å²) in [6.45, 7) is 0. The predicted molar refractivity (Wildman–Crippen MR) is 123 cm³/mol. The minimum atomic E-state index is -1.71. The quantitative estimate of drug-likeness (QED) is 0.306. The fourth-order valence-corrected chi connectivity index (χ4v) is 3.49. The molecule has 10 nitrogen and oxygen atoms in total. The summed E-state index contributed by atoms with van der Waals surface area (Å²) in [5, 5.41) is 24.0. The Kier molecular flexibility index (Phi) is 7.64. The topological polar surface area (TPSA) is 166 Å². The van der Waals surface area contributed by atoms with Gasteiger partial charge in [0.25, 0.3) is 5.91 Å². The fraction of sp³-hybridized carbons (Fsp3) is 0.174. The van der Waals surface area contributed by atoms with Crippen LogP contribution in [0.3, 0.4) is 0 Å². The molecule has 0 spiro atoms. The van der Waals surface area contributed by atoms with Crippen LogP contribution in [0.1, 0.15) is 22.3 Å². The Morgan fingerprint density at radius 3 is 2.26 bits per heavy atom. The molecule has 0 aliphatic rings. The number of H-pyrrole nitrogens is 1. The maximum atomic E-state index is 13.0. The van der Waals surface area contributed by atoms with E-state index in [9.17, 15) is 29.1 Å². The number of aromatic amines is 1. The first-order chi connectivity index (χ1) is 16.1. The molecule has 2 aromatic carbocycles. The number of para-hydroxylation sites is 1.